The Hall–Kier alpha value is -4.54. The number of aryl methyl sites for hydroxylation is 2. The summed E-state index contributed by atoms with van der Waals surface area (Å²) >= 11 is 0. The van der Waals surface area contributed by atoms with Crippen LogP contribution in [0.15, 0.2) is 48.8 Å². The molecule has 3 heterocycles. The molecule has 1 saturated carbocycles. The molecule has 10 nitrogen and oxygen atoms in total. The van der Waals surface area contributed by atoms with Crippen LogP contribution in [0.4, 0.5) is 9.18 Å². The normalized spacial score (nSPS) is 22.8. The molecule has 0 unspecified atom stereocenters. The lowest BCUT2D eigenvalue weighted by atomic mass is 9.90. The fraction of sp³-hybridized carbons (Fsp3) is 0.406. The van der Waals surface area contributed by atoms with Gasteiger partial charge in [-0.2, -0.15) is 5.10 Å². The zero-order valence-corrected chi connectivity index (χ0v) is 23.9. The van der Waals surface area contributed by atoms with Crippen molar-refractivity contribution in [2.75, 3.05) is 13.6 Å². The number of likely N-dealkylation sites (N-methyl/N-ethyl adjacent to an activating group) is 1. The second kappa shape index (κ2) is 10.3. The summed E-state index contributed by atoms with van der Waals surface area (Å²) in [6, 6.07) is 9.89. The molecule has 11 heteroatoms. The first-order valence-corrected chi connectivity index (χ1v) is 14.8. The molecule has 1 saturated heterocycles. The summed E-state index contributed by atoms with van der Waals surface area (Å²) in [4.78, 5) is 55.6. The minimum absolute atomic E-state index is 0.00373. The Morgan fingerprint density at radius 2 is 1.86 bits per heavy atom. The predicted molar refractivity (Wildman–Crippen MR) is 154 cm³/mol. The highest BCUT2D eigenvalue weighted by Gasteiger charge is 2.56. The van der Waals surface area contributed by atoms with Gasteiger partial charge in [0.2, 0.25) is 11.8 Å². The first-order chi connectivity index (χ1) is 20.8. The second-order valence-electron chi connectivity index (χ2n) is 12.1. The van der Waals surface area contributed by atoms with E-state index in [9.17, 15) is 23.6 Å². The highest BCUT2D eigenvalue weighted by molar-refractivity contribution is 6.10. The van der Waals surface area contributed by atoms with Gasteiger partial charge >= 0.3 is 6.03 Å². The van der Waals surface area contributed by atoms with Crippen molar-refractivity contribution < 1.29 is 23.6 Å². The van der Waals surface area contributed by atoms with Crippen molar-refractivity contribution in [1.29, 1.82) is 0 Å². The molecule has 1 aromatic heterocycles. The molecule has 2 fully saturated rings. The molecule has 222 valence electrons. The number of aromatic nitrogens is 2. The number of amides is 5. The van der Waals surface area contributed by atoms with E-state index < -0.39 is 17.5 Å². The molecule has 2 atom stereocenters. The number of hydrogen-bond acceptors (Lipinski definition) is 5. The Morgan fingerprint density at radius 3 is 2.65 bits per heavy atom. The highest BCUT2D eigenvalue weighted by Crippen LogP contribution is 2.43. The average Bonchev–Trinajstić information content (AvgIpc) is 3.61. The Morgan fingerprint density at radius 1 is 1.02 bits per heavy atom. The SMILES string of the molecule is CNC(=O)Cn1cc(-c2ccc3c(c2)CC[C@]32NC(=O)N(CC(=O)N3Cc4ccc(F)cc4CC[C@@H]3C3CC3)C2=O)cn1. The summed E-state index contributed by atoms with van der Waals surface area (Å²) in [6.07, 6.45) is 7.99. The van der Waals surface area contributed by atoms with Gasteiger partial charge in [0.15, 0.2) is 0 Å². The van der Waals surface area contributed by atoms with Crippen LogP contribution < -0.4 is 10.6 Å². The maximum Gasteiger partial charge on any atom is 0.325 e. The van der Waals surface area contributed by atoms with Crippen molar-refractivity contribution in [1.82, 2.24) is 30.2 Å². The molecule has 2 N–H and O–H groups in total. The summed E-state index contributed by atoms with van der Waals surface area (Å²) in [5, 5.41) is 9.78. The number of halogens is 1. The average molecular weight is 585 g/mol. The van der Waals surface area contributed by atoms with Gasteiger partial charge in [-0.1, -0.05) is 24.3 Å². The third kappa shape index (κ3) is 4.76. The van der Waals surface area contributed by atoms with Gasteiger partial charge in [0, 0.05) is 31.4 Å². The number of nitrogens with one attached hydrogen (secondary N) is 2. The molecule has 7 rings (SSSR count). The minimum Gasteiger partial charge on any atom is -0.358 e. The number of hydrogen-bond donors (Lipinski definition) is 2. The van der Waals surface area contributed by atoms with E-state index in [1.165, 1.54) is 6.07 Å². The number of carbonyl (C=O) groups is 4. The number of carbonyl (C=O) groups excluding carboxylic acids is 4. The molecule has 3 aromatic rings. The number of nitrogens with zero attached hydrogens (tertiary/aromatic N) is 4. The van der Waals surface area contributed by atoms with Crippen LogP contribution in [0.1, 0.15) is 47.9 Å². The maximum absolute atomic E-state index is 13.9. The lowest BCUT2D eigenvalue weighted by molar-refractivity contribution is -0.141. The van der Waals surface area contributed by atoms with Gasteiger partial charge in [-0.15, -0.1) is 0 Å². The van der Waals surface area contributed by atoms with Crippen molar-refractivity contribution in [3.05, 3.63) is 76.9 Å². The number of benzene rings is 2. The smallest absolute Gasteiger partial charge is 0.325 e. The zero-order valence-electron chi connectivity index (χ0n) is 23.9. The van der Waals surface area contributed by atoms with Crippen LogP contribution in [0.25, 0.3) is 11.1 Å². The first kappa shape index (κ1) is 27.3. The fourth-order valence-corrected chi connectivity index (χ4v) is 7.01. The van der Waals surface area contributed by atoms with Crippen LogP contribution in [0.2, 0.25) is 0 Å². The zero-order chi connectivity index (χ0) is 29.9. The first-order valence-electron chi connectivity index (χ1n) is 14.8. The molecule has 0 bridgehead atoms. The van der Waals surface area contributed by atoms with Gasteiger partial charge in [0.1, 0.15) is 24.4 Å². The summed E-state index contributed by atoms with van der Waals surface area (Å²) in [5.41, 5.74) is 4.05. The van der Waals surface area contributed by atoms with Gasteiger partial charge in [-0.05, 0) is 84.4 Å². The second-order valence-corrected chi connectivity index (χ2v) is 12.1. The Balaban J connectivity index is 1.10. The molecule has 2 aromatic carbocycles. The van der Waals surface area contributed by atoms with Gasteiger partial charge in [-0.3, -0.25) is 24.0 Å². The van der Waals surface area contributed by atoms with Crippen molar-refractivity contribution in [2.45, 2.75) is 63.2 Å². The summed E-state index contributed by atoms with van der Waals surface area (Å²) in [5.74, 6) is -0.716. The van der Waals surface area contributed by atoms with E-state index in [1.54, 1.807) is 36.3 Å². The fourth-order valence-electron chi connectivity index (χ4n) is 7.01. The lowest BCUT2D eigenvalue weighted by Crippen LogP contribution is -2.48. The summed E-state index contributed by atoms with van der Waals surface area (Å²) < 4.78 is 15.5. The molecule has 2 aliphatic heterocycles. The van der Waals surface area contributed by atoms with E-state index in [-0.39, 0.29) is 36.8 Å². The topological polar surface area (TPSA) is 117 Å². The van der Waals surface area contributed by atoms with Crippen LogP contribution in [-0.4, -0.2) is 63.0 Å². The number of fused-ring (bicyclic) bond motifs is 3. The number of urea groups is 1. The molecule has 4 aliphatic rings. The van der Waals surface area contributed by atoms with Crippen LogP contribution in [0.3, 0.4) is 0 Å². The molecule has 0 radical (unpaired) electrons. The molecular formula is C32H33FN6O4. The Kier molecular flexibility index (Phi) is 6.55. The van der Waals surface area contributed by atoms with E-state index in [0.717, 1.165) is 57.5 Å². The van der Waals surface area contributed by atoms with Crippen molar-refractivity contribution in [3.8, 4) is 11.1 Å². The van der Waals surface area contributed by atoms with Crippen molar-refractivity contribution >= 4 is 23.8 Å². The van der Waals surface area contributed by atoms with Crippen LogP contribution >= 0.6 is 0 Å². The minimum atomic E-state index is -1.20. The van der Waals surface area contributed by atoms with Gasteiger partial charge < -0.3 is 15.5 Å². The largest absolute Gasteiger partial charge is 0.358 e. The van der Waals surface area contributed by atoms with Crippen LogP contribution in [0, 0.1) is 11.7 Å². The van der Waals surface area contributed by atoms with Crippen molar-refractivity contribution in [3.63, 3.8) is 0 Å². The van der Waals surface area contributed by atoms with E-state index in [4.69, 9.17) is 0 Å². The highest BCUT2D eigenvalue weighted by atomic mass is 19.1. The number of rotatable bonds is 6. The monoisotopic (exact) mass is 584 g/mol. The standard InChI is InChI=1S/C32H33FN6O4/c1-34-28(40)17-37-15-24(14-35-37)20-5-8-26-22(12-20)10-11-32(26)30(42)39(31(43)36-32)18-29(41)38-16-23-4-7-25(33)13-21(23)6-9-27(38)19-2-3-19/h4-5,7-8,12-15,19,27H,2-3,6,9-11,16-18H2,1H3,(H,34,40)(H,36,43)/t27-,32+/m1/s1. The molecule has 43 heavy (non-hydrogen) atoms. The summed E-state index contributed by atoms with van der Waals surface area (Å²) in [6.45, 7) is 0.128. The van der Waals surface area contributed by atoms with Gasteiger partial charge in [0.25, 0.3) is 5.91 Å². The maximum atomic E-state index is 13.9. The van der Waals surface area contributed by atoms with Crippen LogP contribution in [0.5, 0.6) is 0 Å². The third-order valence-corrected chi connectivity index (χ3v) is 9.46. The Labute approximate surface area is 248 Å². The molecule has 1 spiro atoms. The quantitative estimate of drug-likeness (QED) is 0.433. The van der Waals surface area contributed by atoms with Gasteiger partial charge in [-0.25, -0.2) is 9.18 Å². The Bertz CT molecular complexity index is 1660. The molecule has 5 amide bonds. The van der Waals surface area contributed by atoms with E-state index in [0.29, 0.717) is 31.7 Å². The van der Waals surface area contributed by atoms with E-state index >= 15 is 0 Å². The van der Waals surface area contributed by atoms with Gasteiger partial charge in [0.05, 0.1) is 6.20 Å². The van der Waals surface area contributed by atoms with E-state index in [1.807, 2.05) is 23.1 Å². The van der Waals surface area contributed by atoms with E-state index in [2.05, 4.69) is 15.7 Å². The molecular weight excluding hydrogens is 551 g/mol. The van der Waals surface area contributed by atoms with Crippen molar-refractivity contribution in [2.24, 2.45) is 5.92 Å². The lowest BCUT2D eigenvalue weighted by Gasteiger charge is -2.31. The van der Waals surface area contributed by atoms with Crippen LogP contribution in [-0.2, 0) is 45.9 Å². The predicted octanol–water partition coefficient (Wildman–Crippen LogP) is 2.88. The molecule has 2 aliphatic carbocycles. The summed E-state index contributed by atoms with van der Waals surface area (Å²) in [7, 11) is 1.57. The number of imide groups is 1. The third-order valence-electron chi connectivity index (χ3n) is 9.46.